The highest BCUT2D eigenvalue weighted by Crippen LogP contribution is 2.24. The molecule has 0 saturated heterocycles. The molecule has 0 atom stereocenters. The number of carbonyl (C=O) groups excluding carboxylic acids is 1. The fourth-order valence-corrected chi connectivity index (χ4v) is 2.57. The monoisotopic (exact) mass is 310 g/mol. The largest absolute Gasteiger partial charge is 0.461 e. The maximum absolute atomic E-state index is 11.7. The first kappa shape index (κ1) is 15.6. The number of thioether (sulfide) groups is 1. The molecule has 2 heterocycles. The van der Waals surface area contributed by atoms with Crippen LogP contribution in [0, 0.1) is 0 Å². The molecule has 2 aromatic rings. The zero-order valence-electron chi connectivity index (χ0n) is 12.3. The van der Waals surface area contributed by atoms with Crippen LogP contribution in [-0.2, 0) is 16.1 Å². The van der Waals surface area contributed by atoms with E-state index in [1.165, 1.54) is 11.8 Å². The van der Waals surface area contributed by atoms with Gasteiger partial charge in [0.1, 0.15) is 0 Å². The molecule has 0 aromatic carbocycles. The van der Waals surface area contributed by atoms with Gasteiger partial charge < -0.3 is 14.1 Å². The third-order valence-electron chi connectivity index (χ3n) is 2.80. The third kappa shape index (κ3) is 3.85. The Labute approximate surface area is 127 Å². The fraction of sp³-hybridized carbons (Fsp3) is 0.462. The van der Waals surface area contributed by atoms with Gasteiger partial charge in [0.15, 0.2) is 10.9 Å². The second kappa shape index (κ2) is 7.28. The van der Waals surface area contributed by atoms with E-state index in [2.05, 4.69) is 10.2 Å². The van der Waals surface area contributed by atoms with E-state index in [0.717, 1.165) is 0 Å². The van der Waals surface area contributed by atoms with E-state index in [-0.39, 0.29) is 5.91 Å². The molecule has 0 radical (unpaired) electrons. The summed E-state index contributed by atoms with van der Waals surface area (Å²) in [7, 11) is 5.10. The summed E-state index contributed by atoms with van der Waals surface area (Å²) in [4.78, 5) is 13.2. The average Bonchev–Trinajstić information content (AvgIpc) is 3.11. The van der Waals surface area contributed by atoms with Crippen LogP contribution in [0.3, 0.4) is 0 Å². The summed E-state index contributed by atoms with van der Waals surface area (Å²) in [6, 6.07) is 3.62. The van der Waals surface area contributed by atoms with Crippen LogP contribution in [0.5, 0.6) is 0 Å². The molecule has 0 fully saturated rings. The minimum absolute atomic E-state index is 0.0286. The van der Waals surface area contributed by atoms with Gasteiger partial charge in [0, 0.05) is 21.2 Å². The van der Waals surface area contributed by atoms with Crippen molar-refractivity contribution in [2.75, 3.05) is 33.6 Å². The van der Waals surface area contributed by atoms with Gasteiger partial charge in [0.2, 0.25) is 11.7 Å². The number of rotatable bonds is 7. The van der Waals surface area contributed by atoms with Gasteiger partial charge in [-0.2, -0.15) is 0 Å². The molecule has 7 nitrogen and oxygen atoms in total. The normalized spacial score (nSPS) is 10.8. The van der Waals surface area contributed by atoms with Crippen molar-refractivity contribution in [1.29, 1.82) is 0 Å². The van der Waals surface area contributed by atoms with Crippen molar-refractivity contribution < 1.29 is 13.9 Å². The first-order valence-electron chi connectivity index (χ1n) is 6.42. The molecule has 0 saturated carbocycles. The second-order valence-corrected chi connectivity index (χ2v) is 5.45. The molecule has 0 aliphatic heterocycles. The zero-order chi connectivity index (χ0) is 15.2. The van der Waals surface area contributed by atoms with Crippen LogP contribution in [0.1, 0.15) is 0 Å². The number of hydrogen-bond donors (Lipinski definition) is 0. The summed E-state index contributed by atoms with van der Waals surface area (Å²) in [6.07, 6.45) is 1.59. The van der Waals surface area contributed by atoms with Crippen LogP contribution in [0.15, 0.2) is 28.0 Å². The van der Waals surface area contributed by atoms with E-state index in [1.807, 2.05) is 10.6 Å². The number of carbonyl (C=O) groups is 1. The maximum atomic E-state index is 11.7. The van der Waals surface area contributed by atoms with E-state index in [1.54, 1.807) is 38.4 Å². The molecular weight excluding hydrogens is 292 g/mol. The van der Waals surface area contributed by atoms with Crippen LogP contribution in [0.2, 0.25) is 0 Å². The molecule has 2 rings (SSSR count). The van der Waals surface area contributed by atoms with Gasteiger partial charge in [-0.3, -0.25) is 9.36 Å². The Hall–Kier alpha value is -1.80. The number of hydrogen-bond acceptors (Lipinski definition) is 6. The van der Waals surface area contributed by atoms with Crippen molar-refractivity contribution in [3.05, 3.63) is 18.4 Å². The Kier molecular flexibility index (Phi) is 5.40. The summed E-state index contributed by atoms with van der Waals surface area (Å²) >= 11 is 1.35. The number of ether oxygens (including phenoxy) is 1. The van der Waals surface area contributed by atoms with Gasteiger partial charge in [-0.25, -0.2) is 0 Å². The zero-order valence-corrected chi connectivity index (χ0v) is 13.1. The van der Waals surface area contributed by atoms with Crippen molar-refractivity contribution in [3.63, 3.8) is 0 Å². The Morgan fingerprint density at radius 2 is 2.29 bits per heavy atom. The lowest BCUT2D eigenvalue weighted by Gasteiger charge is -2.10. The average molecular weight is 310 g/mol. The van der Waals surface area contributed by atoms with Crippen LogP contribution in [-0.4, -0.2) is 59.1 Å². The minimum Gasteiger partial charge on any atom is -0.461 e. The lowest BCUT2D eigenvalue weighted by atomic mass is 10.4. The van der Waals surface area contributed by atoms with E-state index < -0.39 is 0 Å². The molecule has 0 aliphatic rings. The number of aromatic nitrogens is 3. The van der Waals surface area contributed by atoms with Gasteiger partial charge in [0.25, 0.3) is 0 Å². The Morgan fingerprint density at radius 1 is 1.48 bits per heavy atom. The van der Waals surface area contributed by atoms with E-state index in [9.17, 15) is 4.79 Å². The smallest absolute Gasteiger partial charge is 0.232 e. The summed E-state index contributed by atoms with van der Waals surface area (Å²) < 4.78 is 12.4. The van der Waals surface area contributed by atoms with Crippen LogP contribution >= 0.6 is 11.8 Å². The fourth-order valence-electron chi connectivity index (χ4n) is 1.62. The summed E-state index contributed by atoms with van der Waals surface area (Å²) in [6.45, 7) is 1.12. The van der Waals surface area contributed by atoms with E-state index in [0.29, 0.717) is 35.6 Å². The van der Waals surface area contributed by atoms with Crippen molar-refractivity contribution in [2.24, 2.45) is 0 Å². The van der Waals surface area contributed by atoms with Gasteiger partial charge in [-0.1, -0.05) is 11.8 Å². The highest BCUT2D eigenvalue weighted by atomic mass is 32.2. The Morgan fingerprint density at radius 3 is 2.90 bits per heavy atom. The summed E-state index contributed by atoms with van der Waals surface area (Å²) in [5.74, 6) is 1.62. The first-order valence-corrected chi connectivity index (χ1v) is 7.41. The van der Waals surface area contributed by atoms with E-state index >= 15 is 0 Å². The van der Waals surface area contributed by atoms with Crippen molar-refractivity contribution in [2.45, 2.75) is 11.7 Å². The van der Waals surface area contributed by atoms with Crippen molar-refractivity contribution >= 4 is 17.7 Å². The molecule has 21 heavy (non-hydrogen) atoms. The molecule has 0 spiro atoms. The van der Waals surface area contributed by atoms with Gasteiger partial charge in [0.05, 0.1) is 25.2 Å². The van der Waals surface area contributed by atoms with Gasteiger partial charge in [-0.15, -0.1) is 10.2 Å². The molecule has 0 unspecified atom stereocenters. The predicted molar refractivity (Wildman–Crippen MR) is 79.0 cm³/mol. The number of furan rings is 1. The first-order chi connectivity index (χ1) is 10.1. The molecule has 8 heteroatoms. The molecule has 1 amide bonds. The Bertz CT molecular complexity index is 580. The van der Waals surface area contributed by atoms with Crippen LogP contribution < -0.4 is 0 Å². The Balaban J connectivity index is 2.18. The molecule has 2 aromatic heterocycles. The quantitative estimate of drug-likeness (QED) is 0.719. The molecule has 114 valence electrons. The lowest BCUT2D eigenvalue weighted by molar-refractivity contribution is -0.125. The van der Waals surface area contributed by atoms with Crippen molar-refractivity contribution in [3.8, 4) is 11.6 Å². The van der Waals surface area contributed by atoms with Crippen LogP contribution in [0.25, 0.3) is 11.6 Å². The maximum Gasteiger partial charge on any atom is 0.232 e. The van der Waals surface area contributed by atoms with Crippen molar-refractivity contribution in [1.82, 2.24) is 19.7 Å². The topological polar surface area (TPSA) is 73.4 Å². The second-order valence-electron chi connectivity index (χ2n) is 4.50. The highest BCUT2D eigenvalue weighted by molar-refractivity contribution is 7.99. The van der Waals surface area contributed by atoms with Crippen LogP contribution in [0.4, 0.5) is 0 Å². The summed E-state index contributed by atoms with van der Waals surface area (Å²) in [5, 5.41) is 8.97. The third-order valence-corrected chi connectivity index (χ3v) is 3.75. The number of nitrogens with zero attached hydrogens (tertiary/aromatic N) is 4. The predicted octanol–water partition coefficient (Wildman–Crippen LogP) is 1.36. The lowest BCUT2D eigenvalue weighted by Crippen LogP contribution is -2.23. The molecule has 0 aliphatic carbocycles. The molecule has 0 bridgehead atoms. The van der Waals surface area contributed by atoms with E-state index in [4.69, 9.17) is 9.15 Å². The van der Waals surface area contributed by atoms with Gasteiger partial charge in [-0.05, 0) is 12.1 Å². The summed E-state index contributed by atoms with van der Waals surface area (Å²) in [5.41, 5.74) is 0. The highest BCUT2D eigenvalue weighted by Gasteiger charge is 2.17. The number of methoxy groups -OCH3 is 1. The SMILES string of the molecule is COCCn1c(SCC(=O)N(C)C)nnc1-c1ccco1. The minimum atomic E-state index is 0.0286. The number of amides is 1. The van der Waals surface area contributed by atoms with Gasteiger partial charge >= 0.3 is 0 Å². The molecular formula is C13H18N4O3S. The standard InChI is InChI=1S/C13H18N4O3S/c1-16(2)11(18)9-21-13-15-14-12(10-5-4-7-20-10)17(13)6-8-19-3/h4-5,7H,6,8-9H2,1-3H3. The molecule has 0 N–H and O–H groups in total.